The van der Waals surface area contributed by atoms with E-state index < -0.39 is 11.9 Å². The number of piperazine rings is 1. The largest absolute Gasteiger partial charge is 0.497 e. The molecule has 166 valence electrons. The smallest absolute Gasteiger partial charge is 0.328 e. The Morgan fingerprint density at radius 2 is 1.58 bits per heavy atom. The van der Waals surface area contributed by atoms with Gasteiger partial charge in [-0.2, -0.15) is 0 Å². The Balaban J connectivity index is 0.000000366. The maximum atomic E-state index is 9.55. The van der Waals surface area contributed by atoms with E-state index in [1.807, 2.05) is 0 Å². The molecule has 0 aliphatic carbocycles. The molecule has 0 saturated carbocycles. The first-order valence-electron chi connectivity index (χ1n) is 10.3. The summed E-state index contributed by atoms with van der Waals surface area (Å²) in [6.45, 7) is 4.40. The highest BCUT2D eigenvalue weighted by molar-refractivity contribution is 5.89. The Bertz CT molecular complexity index is 815. The fraction of sp³-hybridized carbons (Fsp3) is 0.333. The maximum Gasteiger partial charge on any atom is 0.328 e. The lowest BCUT2D eigenvalue weighted by Crippen LogP contribution is -2.45. The molecule has 7 heteroatoms. The average Bonchev–Trinajstić information content (AvgIpc) is 2.80. The van der Waals surface area contributed by atoms with Crippen molar-refractivity contribution in [1.29, 1.82) is 0 Å². The molecule has 0 bridgehead atoms. The van der Waals surface area contributed by atoms with Gasteiger partial charge in [0.1, 0.15) is 5.75 Å². The predicted molar refractivity (Wildman–Crippen MR) is 119 cm³/mol. The summed E-state index contributed by atoms with van der Waals surface area (Å²) in [5, 5.41) is 19.1. The van der Waals surface area contributed by atoms with E-state index in [2.05, 4.69) is 64.8 Å². The topological polar surface area (TPSA) is 99.1 Å². The van der Waals surface area contributed by atoms with Crippen LogP contribution in [-0.2, 0) is 16.0 Å². The van der Waals surface area contributed by atoms with E-state index in [0.717, 1.165) is 44.8 Å². The molecule has 2 aromatic carbocycles. The number of aryl methyl sites for hydroxylation is 1. The van der Waals surface area contributed by atoms with Gasteiger partial charge in [0.05, 0.1) is 7.11 Å². The molecule has 1 atom stereocenters. The molecule has 1 fully saturated rings. The highest BCUT2D eigenvalue weighted by Gasteiger charge is 2.22. The standard InChI is InChI=1S/C20H26N2O.C4H4O4/c1-23-19-10-8-18(9-11-19)20(22-15-13-21-14-16-22)12-7-17-5-3-2-4-6-17;5-3(6)1-2-4(7)8/h2-6,8-11,20-21H,7,12-16H2,1H3;1-2H,(H,5,6)(H,7,8)/b;2-1-. The van der Waals surface area contributed by atoms with Crippen LogP contribution in [0.2, 0.25) is 0 Å². The van der Waals surface area contributed by atoms with E-state index >= 15 is 0 Å². The zero-order valence-corrected chi connectivity index (χ0v) is 17.7. The lowest BCUT2D eigenvalue weighted by atomic mass is 9.97. The van der Waals surface area contributed by atoms with E-state index in [0.29, 0.717) is 18.2 Å². The summed E-state index contributed by atoms with van der Waals surface area (Å²) < 4.78 is 5.30. The van der Waals surface area contributed by atoms with Crippen LogP contribution >= 0.6 is 0 Å². The molecule has 3 rings (SSSR count). The quantitative estimate of drug-likeness (QED) is 0.558. The van der Waals surface area contributed by atoms with Crippen LogP contribution in [0.25, 0.3) is 0 Å². The van der Waals surface area contributed by atoms with Gasteiger partial charge in [-0.3, -0.25) is 4.90 Å². The zero-order valence-electron chi connectivity index (χ0n) is 17.7. The Morgan fingerprint density at radius 3 is 2.10 bits per heavy atom. The molecule has 0 radical (unpaired) electrons. The molecule has 0 aromatic heterocycles. The number of hydrogen-bond acceptors (Lipinski definition) is 5. The molecule has 1 heterocycles. The minimum Gasteiger partial charge on any atom is -0.497 e. The van der Waals surface area contributed by atoms with Crippen molar-refractivity contribution >= 4 is 11.9 Å². The Hall–Kier alpha value is -3.16. The SMILES string of the molecule is COc1ccc(C(CCc2ccccc2)N2CCNCC2)cc1.O=C(O)/C=C\C(=O)O. The number of methoxy groups -OCH3 is 1. The number of carboxylic acid groups (broad SMARTS) is 2. The van der Waals surface area contributed by atoms with Gasteiger partial charge in [0.25, 0.3) is 0 Å². The van der Waals surface area contributed by atoms with Crippen LogP contribution in [0.4, 0.5) is 0 Å². The zero-order chi connectivity index (χ0) is 22.5. The van der Waals surface area contributed by atoms with E-state index in [9.17, 15) is 9.59 Å². The maximum absolute atomic E-state index is 9.55. The van der Waals surface area contributed by atoms with Crippen molar-refractivity contribution < 1.29 is 24.5 Å². The van der Waals surface area contributed by atoms with Crippen LogP contribution in [0.15, 0.2) is 66.7 Å². The number of rotatable bonds is 8. The van der Waals surface area contributed by atoms with Gasteiger partial charge < -0.3 is 20.3 Å². The van der Waals surface area contributed by atoms with Crippen molar-refractivity contribution in [2.75, 3.05) is 33.3 Å². The summed E-state index contributed by atoms with van der Waals surface area (Å²) >= 11 is 0. The third-order valence-corrected chi connectivity index (χ3v) is 5.01. The number of aliphatic carboxylic acids is 2. The molecule has 1 aliphatic rings. The number of carboxylic acids is 2. The van der Waals surface area contributed by atoms with Crippen molar-refractivity contribution in [1.82, 2.24) is 10.2 Å². The summed E-state index contributed by atoms with van der Waals surface area (Å²) in [4.78, 5) is 21.7. The first-order valence-corrected chi connectivity index (χ1v) is 10.3. The number of nitrogens with zero attached hydrogens (tertiary/aromatic N) is 1. The van der Waals surface area contributed by atoms with Gasteiger partial charge in [0.2, 0.25) is 0 Å². The second-order valence-electron chi connectivity index (χ2n) is 7.11. The lowest BCUT2D eigenvalue weighted by molar-refractivity contribution is -0.134. The van der Waals surface area contributed by atoms with Crippen LogP contribution in [0.5, 0.6) is 5.75 Å². The Kier molecular flexibility index (Phi) is 10.3. The highest BCUT2D eigenvalue weighted by atomic mass is 16.5. The van der Waals surface area contributed by atoms with Crippen molar-refractivity contribution in [2.45, 2.75) is 18.9 Å². The fourth-order valence-electron chi connectivity index (χ4n) is 3.47. The monoisotopic (exact) mass is 426 g/mol. The van der Waals surface area contributed by atoms with Gasteiger partial charge in [-0.15, -0.1) is 0 Å². The van der Waals surface area contributed by atoms with E-state index in [-0.39, 0.29) is 0 Å². The van der Waals surface area contributed by atoms with Gasteiger partial charge >= 0.3 is 11.9 Å². The van der Waals surface area contributed by atoms with Gasteiger partial charge in [-0.1, -0.05) is 42.5 Å². The average molecular weight is 427 g/mol. The van der Waals surface area contributed by atoms with E-state index in [1.165, 1.54) is 11.1 Å². The third-order valence-electron chi connectivity index (χ3n) is 5.01. The number of ether oxygens (including phenoxy) is 1. The molecule has 0 spiro atoms. The lowest BCUT2D eigenvalue weighted by Gasteiger charge is -2.35. The van der Waals surface area contributed by atoms with E-state index in [1.54, 1.807) is 7.11 Å². The number of hydrogen-bond donors (Lipinski definition) is 3. The van der Waals surface area contributed by atoms with Gasteiger partial charge in [0, 0.05) is 44.4 Å². The Morgan fingerprint density at radius 1 is 1.00 bits per heavy atom. The fourth-order valence-corrected chi connectivity index (χ4v) is 3.47. The van der Waals surface area contributed by atoms with Gasteiger partial charge in [0.15, 0.2) is 0 Å². The van der Waals surface area contributed by atoms with E-state index in [4.69, 9.17) is 14.9 Å². The third kappa shape index (κ3) is 9.02. The summed E-state index contributed by atoms with van der Waals surface area (Å²) in [7, 11) is 1.72. The van der Waals surface area contributed by atoms with Crippen LogP contribution in [-0.4, -0.2) is 60.3 Å². The molecule has 1 saturated heterocycles. The Labute approximate surface area is 183 Å². The van der Waals surface area contributed by atoms with Crippen LogP contribution in [0, 0.1) is 0 Å². The van der Waals surface area contributed by atoms with Gasteiger partial charge in [-0.25, -0.2) is 9.59 Å². The van der Waals surface area contributed by atoms with Gasteiger partial charge in [-0.05, 0) is 36.1 Å². The minimum absolute atomic E-state index is 0.475. The molecule has 31 heavy (non-hydrogen) atoms. The summed E-state index contributed by atoms with van der Waals surface area (Å²) in [5.74, 6) is -1.59. The predicted octanol–water partition coefficient (Wildman–Crippen LogP) is 2.99. The molecule has 1 aliphatic heterocycles. The summed E-state index contributed by atoms with van der Waals surface area (Å²) in [5.41, 5.74) is 2.81. The molecular weight excluding hydrogens is 396 g/mol. The minimum atomic E-state index is -1.26. The van der Waals surface area contributed by atoms with Crippen molar-refractivity contribution in [3.05, 3.63) is 77.9 Å². The van der Waals surface area contributed by atoms with Crippen LogP contribution in [0.1, 0.15) is 23.6 Å². The first-order chi connectivity index (χ1) is 15.0. The summed E-state index contributed by atoms with van der Waals surface area (Å²) in [6, 6.07) is 19.9. The first kappa shape index (κ1) is 24.1. The molecule has 0 amide bonds. The number of benzene rings is 2. The summed E-state index contributed by atoms with van der Waals surface area (Å²) in [6.07, 6.45) is 3.38. The second kappa shape index (κ2) is 13.2. The molecule has 7 nitrogen and oxygen atoms in total. The van der Waals surface area contributed by atoms with Crippen LogP contribution in [0.3, 0.4) is 0 Å². The van der Waals surface area contributed by atoms with Crippen LogP contribution < -0.4 is 10.1 Å². The van der Waals surface area contributed by atoms with Crippen molar-refractivity contribution in [2.24, 2.45) is 0 Å². The number of carbonyl (C=O) groups is 2. The molecule has 3 N–H and O–H groups in total. The molecule has 2 aromatic rings. The number of nitrogens with one attached hydrogen (secondary N) is 1. The van der Waals surface area contributed by atoms with Crippen molar-refractivity contribution in [3.8, 4) is 5.75 Å². The normalized spacial score (nSPS) is 15.0. The second-order valence-corrected chi connectivity index (χ2v) is 7.11. The van der Waals surface area contributed by atoms with Crippen molar-refractivity contribution in [3.63, 3.8) is 0 Å². The highest BCUT2D eigenvalue weighted by Crippen LogP contribution is 2.28. The molecular formula is C24H30N2O5. The molecule has 1 unspecified atom stereocenters.